The second kappa shape index (κ2) is 11.4. The minimum Gasteiger partial charge on any atom is -0.504 e. The summed E-state index contributed by atoms with van der Waals surface area (Å²) in [5.41, 5.74) is 1.48. The number of esters is 1. The summed E-state index contributed by atoms with van der Waals surface area (Å²) in [6.45, 7) is 4.21. The molecule has 0 bridgehead atoms. The van der Waals surface area contributed by atoms with Crippen LogP contribution >= 0.6 is 24.8 Å². The van der Waals surface area contributed by atoms with E-state index in [4.69, 9.17) is 4.74 Å². The average Bonchev–Trinajstić information content (AvgIpc) is 2.65. The van der Waals surface area contributed by atoms with E-state index in [1.54, 1.807) is 18.2 Å². The van der Waals surface area contributed by atoms with Crippen LogP contribution in [-0.4, -0.2) is 48.5 Å². The number of nitrogens with one attached hydrogen (secondary N) is 1. The highest BCUT2D eigenvalue weighted by atomic mass is 35.5. The van der Waals surface area contributed by atoms with Crippen LogP contribution in [0.25, 0.3) is 0 Å². The van der Waals surface area contributed by atoms with E-state index >= 15 is 0 Å². The van der Waals surface area contributed by atoms with Crippen LogP contribution in [0, 0.1) is 0 Å². The first-order valence-electron chi connectivity index (χ1n) is 9.05. The number of hydrogen-bond donors (Lipinski definition) is 2. The number of hydrogen-bond acceptors (Lipinski definition) is 6. The molecular weight excluding hydrogens is 460 g/mol. The number of phenols is 1. The van der Waals surface area contributed by atoms with Crippen molar-refractivity contribution in [1.29, 1.82) is 0 Å². The standard InChI is InChI=1S/C20H21F3N2O4.2ClH/c1-13(26)28-18-7-4-15(12-17(18)27)19(25-10-8-24-9-11-25)14-2-5-16(6-3-14)29-20(21,22)23;;/h2-7,12,19,24,27H,8-11H2,1H3;2*1H/t19-;;/m1../s1. The number of halogens is 5. The maximum absolute atomic E-state index is 12.4. The van der Waals surface area contributed by atoms with Gasteiger partial charge in [0.25, 0.3) is 0 Å². The molecule has 0 aromatic heterocycles. The number of phenolic OH excluding ortho intramolecular Hbond substituents is 1. The Hall–Kier alpha value is -2.20. The second-order valence-corrected chi connectivity index (χ2v) is 6.63. The van der Waals surface area contributed by atoms with Gasteiger partial charge >= 0.3 is 12.3 Å². The van der Waals surface area contributed by atoms with Crippen LogP contribution in [-0.2, 0) is 4.79 Å². The van der Waals surface area contributed by atoms with Gasteiger partial charge in [-0.05, 0) is 35.4 Å². The summed E-state index contributed by atoms with van der Waals surface area (Å²) in [6.07, 6.45) is -4.75. The molecule has 6 nitrogen and oxygen atoms in total. The third-order valence-electron chi connectivity index (χ3n) is 4.50. The van der Waals surface area contributed by atoms with Gasteiger partial charge in [0.2, 0.25) is 0 Å². The van der Waals surface area contributed by atoms with Gasteiger partial charge in [0, 0.05) is 33.1 Å². The van der Waals surface area contributed by atoms with E-state index in [-0.39, 0.29) is 48.1 Å². The summed E-state index contributed by atoms with van der Waals surface area (Å²) in [5.74, 6) is -0.982. The molecule has 1 atom stereocenters. The zero-order valence-corrected chi connectivity index (χ0v) is 18.1. The zero-order valence-electron chi connectivity index (χ0n) is 16.5. The Morgan fingerprint density at radius 1 is 1.06 bits per heavy atom. The SMILES string of the molecule is CC(=O)Oc1ccc([C@@H](c2ccc(OC(F)(F)F)cc2)N2CCNCC2)cc1O.Cl.Cl. The summed E-state index contributed by atoms with van der Waals surface area (Å²) in [5, 5.41) is 13.5. The number of alkyl halides is 3. The molecule has 1 aliphatic rings. The summed E-state index contributed by atoms with van der Waals surface area (Å²) >= 11 is 0. The highest BCUT2D eigenvalue weighted by molar-refractivity contribution is 5.85. The third-order valence-corrected chi connectivity index (χ3v) is 4.50. The van der Waals surface area contributed by atoms with Crippen LogP contribution in [0.15, 0.2) is 42.5 Å². The highest BCUT2D eigenvalue weighted by Gasteiger charge is 2.31. The number of piperazine rings is 1. The van der Waals surface area contributed by atoms with E-state index in [9.17, 15) is 23.1 Å². The van der Waals surface area contributed by atoms with E-state index in [0.717, 1.165) is 37.3 Å². The van der Waals surface area contributed by atoms with Crippen molar-refractivity contribution in [1.82, 2.24) is 10.2 Å². The predicted octanol–water partition coefficient (Wildman–Crippen LogP) is 4.05. The molecule has 0 spiro atoms. The van der Waals surface area contributed by atoms with Gasteiger partial charge in [-0.2, -0.15) is 0 Å². The minimum atomic E-state index is -4.75. The van der Waals surface area contributed by atoms with Gasteiger partial charge < -0.3 is 19.9 Å². The number of carbonyl (C=O) groups excluding carboxylic acids is 1. The van der Waals surface area contributed by atoms with E-state index < -0.39 is 12.3 Å². The summed E-state index contributed by atoms with van der Waals surface area (Å²) in [6, 6.07) is 10.1. The Morgan fingerprint density at radius 2 is 1.65 bits per heavy atom. The maximum Gasteiger partial charge on any atom is 0.573 e. The van der Waals surface area contributed by atoms with E-state index in [1.165, 1.54) is 31.2 Å². The Bertz CT molecular complexity index is 860. The number of rotatable bonds is 5. The monoisotopic (exact) mass is 482 g/mol. The van der Waals surface area contributed by atoms with Gasteiger partial charge in [-0.1, -0.05) is 18.2 Å². The van der Waals surface area contributed by atoms with Gasteiger partial charge in [0.1, 0.15) is 5.75 Å². The number of aromatic hydroxyl groups is 1. The topological polar surface area (TPSA) is 71.0 Å². The molecule has 0 amide bonds. The molecule has 172 valence electrons. The second-order valence-electron chi connectivity index (χ2n) is 6.63. The molecule has 0 aliphatic carbocycles. The molecule has 1 heterocycles. The van der Waals surface area contributed by atoms with Gasteiger partial charge in [-0.15, -0.1) is 38.0 Å². The van der Waals surface area contributed by atoms with Crippen LogP contribution in [0.3, 0.4) is 0 Å². The van der Waals surface area contributed by atoms with E-state index in [2.05, 4.69) is 15.0 Å². The Morgan fingerprint density at radius 3 is 2.16 bits per heavy atom. The fourth-order valence-electron chi connectivity index (χ4n) is 3.35. The lowest BCUT2D eigenvalue weighted by atomic mass is 9.96. The molecule has 2 N–H and O–H groups in total. The molecule has 11 heteroatoms. The van der Waals surface area contributed by atoms with Gasteiger partial charge in [-0.25, -0.2) is 0 Å². The molecule has 1 aliphatic heterocycles. The largest absolute Gasteiger partial charge is 0.573 e. The predicted molar refractivity (Wildman–Crippen MR) is 113 cm³/mol. The maximum atomic E-state index is 12.4. The van der Waals surface area contributed by atoms with Crippen molar-refractivity contribution in [2.75, 3.05) is 26.2 Å². The molecule has 0 unspecified atom stereocenters. The number of ether oxygens (including phenoxy) is 2. The van der Waals surface area contributed by atoms with Crippen LogP contribution in [0.2, 0.25) is 0 Å². The normalized spacial score (nSPS) is 15.2. The van der Waals surface area contributed by atoms with Crippen molar-refractivity contribution in [3.05, 3.63) is 53.6 Å². The molecule has 31 heavy (non-hydrogen) atoms. The fourth-order valence-corrected chi connectivity index (χ4v) is 3.35. The minimum absolute atomic E-state index is 0. The Balaban J connectivity index is 0.00000240. The fraction of sp³-hybridized carbons (Fsp3) is 0.350. The smallest absolute Gasteiger partial charge is 0.504 e. The number of carbonyl (C=O) groups is 1. The quantitative estimate of drug-likeness (QED) is 0.494. The Labute approximate surface area is 190 Å². The number of benzene rings is 2. The molecule has 1 fully saturated rings. The third kappa shape index (κ3) is 7.46. The zero-order chi connectivity index (χ0) is 21.0. The van der Waals surface area contributed by atoms with Crippen molar-refractivity contribution in [2.45, 2.75) is 19.3 Å². The first kappa shape index (κ1) is 26.8. The van der Waals surface area contributed by atoms with Gasteiger partial charge in [0.05, 0.1) is 6.04 Å². The van der Waals surface area contributed by atoms with Crippen molar-refractivity contribution in [2.24, 2.45) is 0 Å². The summed E-state index contributed by atoms with van der Waals surface area (Å²) < 4.78 is 46.2. The molecule has 2 aromatic rings. The summed E-state index contributed by atoms with van der Waals surface area (Å²) in [4.78, 5) is 13.3. The molecule has 1 saturated heterocycles. The van der Waals surface area contributed by atoms with Crippen LogP contribution in [0.1, 0.15) is 24.1 Å². The number of nitrogens with zero attached hydrogens (tertiary/aromatic N) is 1. The van der Waals surface area contributed by atoms with Crippen molar-refractivity contribution < 1.29 is 32.5 Å². The Kier molecular flexibility index (Phi) is 9.89. The van der Waals surface area contributed by atoms with Crippen LogP contribution < -0.4 is 14.8 Å². The highest BCUT2D eigenvalue weighted by Crippen LogP contribution is 2.36. The first-order chi connectivity index (χ1) is 13.7. The van der Waals surface area contributed by atoms with Crippen molar-refractivity contribution in [3.63, 3.8) is 0 Å². The van der Waals surface area contributed by atoms with E-state index in [0.29, 0.717) is 0 Å². The van der Waals surface area contributed by atoms with E-state index in [1.807, 2.05) is 0 Å². The van der Waals surface area contributed by atoms with Crippen molar-refractivity contribution >= 4 is 30.8 Å². The summed E-state index contributed by atoms with van der Waals surface area (Å²) in [7, 11) is 0. The average molecular weight is 483 g/mol. The van der Waals surface area contributed by atoms with Gasteiger partial charge in [0.15, 0.2) is 11.5 Å². The molecular formula is C20H23Cl2F3N2O4. The van der Waals surface area contributed by atoms with Gasteiger partial charge in [-0.3, -0.25) is 9.69 Å². The lowest BCUT2D eigenvalue weighted by Gasteiger charge is -2.35. The lowest BCUT2D eigenvalue weighted by molar-refractivity contribution is -0.274. The molecule has 3 rings (SSSR count). The molecule has 2 aromatic carbocycles. The van der Waals surface area contributed by atoms with Crippen LogP contribution in [0.4, 0.5) is 13.2 Å². The first-order valence-corrected chi connectivity index (χ1v) is 9.05. The molecule has 0 saturated carbocycles. The lowest BCUT2D eigenvalue weighted by Crippen LogP contribution is -2.45. The van der Waals surface area contributed by atoms with Crippen LogP contribution in [0.5, 0.6) is 17.2 Å². The van der Waals surface area contributed by atoms with Crippen molar-refractivity contribution in [3.8, 4) is 17.2 Å². The molecule has 0 radical (unpaired) electrons.